The maximum atomic E-state index is 12.9. The van der Waals surface area contributed by atoms with E-state index in [-0.39, 0.29) is 17.7 Å². The number of benzene rings is 2. The van der Waals surface area contributed by atoms with Gasteiger partial charge in [0, 0.05) is 25.2 Å². The van der Waals surface area contributed by atoms with Crippen molar-refractivity contribution >= 4 is 22.5 Å². The van der Waals surface area contributed by atoms with E-state index < -0.39 is 34.5 Å². The number of aromatic hydroxyl groups is 1. The van der Waals surface area contributed by atoms with Gasteiger partial charge in [0.1, 0.15) is 11.3 Å². The minimum atomic E-state index is -4.51. The standard InChI is InChI=1S/C20H17F3N2O4/c1-25(13-8-6-12(7-9-13)20(21,22)23)19(28)16-17(26)15-11(10-29-2)4-3-5-14(15)24-18(16)27/h3-9H,10H2,1-2H3,(H2,24,26,27). The number of pyridine rings is 1. The zero-order chi connectivity index (χ0) is 21.3. The van der Waals surface area contributed by atoms with Crippen molar-refractivity contribution in [2.75, 3.05) is 19.1 Å². The molecule has 0 atom stereocenters. The van der Waals surface area contributed by atoms with E-state index in [1.165, 1.54) is 14.2 Å². The van der Waals surface area contributed by atoms with Gasteiger partial charge in [-0.15, -0.1) is 0 Å². The van der Waals surface area contributed by atoms with Crippen molar-refractivity contribution in [3.63, 3.8) is 0 Å². The second-order valence-corrected chi connectivity index (χ2v) is 6.36. The van der Waals surface area contributed by atoms with Crippen LogP contribution in [0, 0.1) is 0 Å². The third kappa shape index (κ3) is 3.81. The zero-order valence-electron chi connectivity index (χ0n) is 15.5. The van der Waals surface area contributed by atoms with Crippen LogP contribution in [0.25, 0.3) is 10.9 Å². The molecule has 0 saturated carbocycles. The van der Waals surface area contributed by atoms with E-state index in [1.807, 2.05) is 0 Å². The van der Waals surface area contributed by atoms with E-state index >= 15 is 0 Å². The molecule has 3 aromatic rings. The van der Waals surface area contributed by atoms with Crippen molar-refractivity contribution in [1.82, 2.24) is 4.98 Å². The Kier molecular flexibility index (Phi) is 5.34. The quantitative estimate of drug-likeness (QED) is 0.693. The Labute approximate surface area is 163 Å². The second kappa shape index (κ2) is 7.59. The van der Waals surface area contributed by atoms with Gasteiger partial charge in [-0.2, -0.15) is 13.2 Å². The Hall–Kier alpha value is -3.33. The average molecular weight is 406 g/mol. The monoisotopic (exact) mass is 406 g/mol. The SMILES string of the molecule is COCc1cccc2[nH]c(=O)c(C(=O)N(C)c3ccc(C(F)(F)F)cc3)c(O)c12. The number of carbonyl (C=O) groups excluding carboxylic acids is 1. The van der Waals surface area contributed by atoms with Gasteiger partial charge in [-0.1, -0.05) is 12.1 Å². The molecule has 9 heteroatoms. The number of anilines is 1. The molecule has 1 heterocycles. The van der Waals surface area contributed by atoms with E-state index in [0.29, 0.717) is 11.1 Å². The van der Waals surface area contributed by atoms with Crippen LogP contribution < -0.4 is 10.5 Å². The number of rotatable bonds is 4. The summed E-state index contributed by atoms with van der Waals surface area (Å²) in [6, 6.07) is 8.82. The number of methoxy groups -OCH3 is 1. The number of hydrogen-bond acceptors (Lipinski definition) is 4. The van der Waals surface area contributed by atoms with Crippen LogP contribution in [0.2, 0.25) is 0 Å². The maximum absolute atomic E-state index is 12.9. The summed E-state index contributed by atoms with van der Waals surface area (Å²) in [6.07, 6.45) is -4.51. The molecule has 0 unspecified atom stereocenters. The number of H-pyrrole nitrogens is 1. The first-order valence-electron chi connectivity index (χ1n) is 8.46. The van der Waals surface area contributed by atoms with Gasteiger partial charge >= 0.3 is 6.18 Å². The smallest absolute Gasteiger partial charge is 0.416 e. The molecule has 1 amide bonds. The topological polar surface area (TPSA) is 82.6 Å². The van der Waals surface area contributed by atoms with Gasteiger partial charge in [-0.25, -0.2) is 0 Å². The summed E-state index contributed by atoms with van der Waals surface area (Å²) in [5, 5.41) is 10.9. The molecule has 0 fully saturated rings. The van der Waals surface area contributed by atoms with Crippen LogP contribution in [0.3, 0.4) is 0 Å². The van der Waals surface area contributed by atoms with Crippen LogP contribution >= 0.6 is 0 Å². The zero-order valence-corrected chi connectivity index (χ0v) is 15.5. The number of aromatic nitrogens is 1. The highest BCUT2D eigenvalue weighted by molar-refractivity contribution is 6.10. The summed E-state index contributed by atoms with van der Waals surface area (Å²) in [6.45, 7) is 0.138. The number of nitrogens with one attached hydrogen (secondary N) is 1. The number of carbonyl (C=O) groups is 1. The molecule has 0 saturated heterocycles. The van der Waals surface area contributed by atoms with Gasteiger partial charge in [-0.3, -0.25) is 9.59 Å². The van der Waals surface area contributed by atoms with Crippen LogP contribution in [-0.4, -0.2) is 30.2 Å². The van der Waals surface area contributed by atoms with Crippen molar-refractivity contribution in [3.05, 3.63) is 69.5 Å². The van der Waals surface area contributed by atoms with Gasteiger partial charge < -0.3 is 19.7 Å². The molecule has 0 aliphatic carbocycles. The third-order valence-electron chi connectivity index (χ3n) is 4.50. The molecule has 1 aromatic heterocycles. The highest BCUT2D eigenvalue weighted by atomic mass is 19.4. The lowest BCUT2D eigenvalue weighted by atomic mass is 10.0. The predicted molar refractivity (Wildman–Crippen MR) is 101 cm³/mol. The van der Waals surface area contributed by atoms with Gasteiger partial charge in [0.05, 0.1) is 17.7 Å². The van der Waals surface area contributed by atoms with Gasteiger partial charge in [-0.05, 0) is 35.9 Å². The molecule has 0 aliphatic heterocycles. The summed E-state index contributed by atoms with van der Waals surface area (Å²) >= 11 is 0. The number of aromatic amines is 1. The van der Waals surface area contributed by atoms with Crippen LogP contribution in [-0.2, 0) is 17.5 Å². The first-order valence-corrected chi connectivity index (χ1v) is 8.46. The molecule has 0 aliphatic rings. The summed E-state index contributed by atoms with van der Waals surface area (Å²) in [4.78, 5) is 28.9. The van der Waals surface area contributed by atoms with E-state index in [2.05, 4.69) is 4.98 Å². The number of fused-ring (bicyclic) bond motifs is 1. The lowest BCUT2D eigenvalue weighted by Gasteiger charge is -2.19. The average Bonchev–Trinajstić information content (AvgIpc) is 2.66. The maximum Gasteiger partial charge on any atom is 0.416 e. The Bertz CT molecular complexity index is 1120. The number of halogens is 3. The van der Waals surface area contributed by atoms with Crippen LogP contribution in [0.4, 0.5) is 18.9 Å². The molecule has 3 rings (SSSR count). The van der Waals surface area contributed by atoms with Crippen molar-refractivity contribution in [3.8, 4) is 5.75 Å². The molecule has 2 aromatic carbocycles. The van der Waals surface area contributed by atoms with Crippen LogP contribution in [0.5, 0.6) is 5.75 Å². The minimum Gasteiger partial charge on any atom is -0.506 e. The van der Waals surface area contributed by atoms with Gasteiger partial charge in [0.2, 0.25) is 0 Å². The molecule has 2 N–H and O–H groups in total. The molecule has 29 heavy (non-hydrogen) atoms. The molecule has 0 bridgehead atoms. The second-order valence-electron chi connectivity index (χ2n) is 6.36. The Morgan fingerprint density at radius 2 is 1.83 bits per heavy atom. The normalized spacial score (nSPS) is 11.6. The molecular weight excluding hydrogens is 389 g/mol. The number of nitrogens with zero attached hydrogens (tertiary/aromatic N) is 1. The van der Waals surface area contributed by atoms with Crippen molar-refractivity contribution in [1.29, 1.82) is 0 Å². The van der Waals surface area contributed by atoms with Crippen molar-refractivity contribution in [2.45, 2.75) is 12.8 Å². The van der Waals surface area contributed by atoms with Crippen molar-refractivity contribution < 1.29 is 27.8 Å². The highest BCUT2D eigenvalue weighted by Crippen LogP contribution is 2.32. The predicted octanol–water partition coefficient (Wildman–Crippen LogP) is 3.68. The summed E-state index contributed by atoms with van der Waals surface area (Å²) in [5.74, 6) is -1.38. The number of alkyl halides is 3. The molecule has 0 radical (unpaired) electrons. The molecule has 6 nitrogen and oxygen atoms in total. The number of ether oxygens (including phenoxy) is 1. The fraction of sp³-hybridized carbons (Fsp3) is 0.200. The number of amides is 1. The molecule has 0 spiro atoms. The van der Waals surface area contributed by atoms with Gasteiger partial charge in [0.25, 0.3) is 11.5 Å². The largest absolute Gasteiger partial charge is 0.506 e. The lowest BCUT2D eigenvalue weighted by Crippen LogP contribution is -2.32. The Balaban J connectivity index is 2.06. The first kappa shape index (κ1) is 20.4. The van der Waals surface area contributed by atoms with Crippen LogP contribution in [0.15, 0.2) is 47.3 Å². The van der Waals surface area contributed by atoms with Gasteiger partial charge in [0.15, 0.2) is 0 Å². The first-order chi connectivity index (χ1) is 13.6. The Morgan fingerprint density at radius 3 is 2.41 bits per heavy atom. The molecule has 152 valence electrons. The van der Waals surface area contributed by atoms with Crippen molar-refractivity contribution in [2.24, 2.45) is 0 Å². The van der Waals surface area contributed by atoms with E-state index in [0.717, 1.165) is 29.2 Å². The van der Waals surface area contributed by atoms with E-state index in [1.54, 1.807) is 18.2 Å². The summed E-state index contributed by atoms with van der Waals surface area (Å²) in [7, 11) is 2.76. The summed E-state index contributed by atoms with van der Waals surface area (Å²) in [5.41, 5.74) is -1.16. The summed E-state index contributed by atoms with van der Waals surface area (Å²) < 4.78 is 43.3. The third-order valence-corrected chi connectivity index (χ3v) is 4.50. The highest BCUT2D eigenvalue weighted by Gasteiger charge is 2.30. The molecular formula is C20H17F3N2O4. The minimum absolute atomic E-state index is 0.132. The lowest BCUT2D eigenvalue weighted by molar-refractivity contribution is -0.137. The number of hydrogen-bond donors (Lipinski definition) is 2. The van der Waals surface area contributed by atoms with E-state index in [4.69, 9.17) is 4.74 Å². The van der Waals surface area contributed by atoms with E-state index in [9.17, 15) is 27.9 Å². The van der Waals surface area contributed by atoms with Crippen LogP contribution in [0.1, 0.15) is 21.5 Å². The fourth-order valence-electron chi connectivity index (χ4n) is 3.03. The fourth-order valence-corrected chi connectivity index (χ4v) is 3.03. The Morgan fingerprint density at radius 1 is 1.17 bits per heavy atom.